The molecule has 0 aliphatic carbocycles. The van der Waals surface area contributed by atoms with Crippen LogP contribution in [0.3, 0.4) is 0 Å². The monoisotopic (exact) mass is 660 g/mol. The number of carbonyl (C=O) groups is 4. The third-order valence-corrected chi connectivity index (χ3v) is 8.00. The standard InChI is InChI=1S/C18H20N2O2S.C17H17FN2O2S/c1-4-19-16(21)15(17(22)20(5-2)18(19)23)8-6-7-14-11-9-13(3)10-12-14;1-3-19-15(21)14(16(22)20(4-2)17(19)23)10-6-8-12-7-5-9-13(18)11-12/h6-12H,4-5H2,1-3H3;5-11H,3-4H2,1-2H3/b7-6+;8-6+. The fourth-order valence-corrected chi connectivity index (χ4v) is 5.45. The van der Waals surface area contributed by atoms with Crippen LogP contribution in [-0.4, -0.2) is 79.6 Å². The van der Waals surface area contributed by atoms with Crippen molar-refractivity contribution in [2.75, 3.05) is 26.2 Å². The van der Waals surface area contributed by atoms with Gasteiger partial charge in [0.1, 0.15) is 17.0 Å². The van der Waals surface area contributed by atoms with Crippen molar-refractivity contribution >= 4 is 70.4 Å². The molecule has 2 aromatic carbocycles. The number of rotatable bonds is 8. The Balaban J connectivity index is 0.000000250. The first-order valence-electron chi connectivity index (χ1n) is 14.9. The van der Waals surface area contributed by atoms with Crippen LogP contribution in [-0.2, 0) is 19.2 Å². The smallest absolute Gasteiger partial charge is 0.265 e. The number of amides is 4. The summed E-state index contributed by atoms with van der Waals surface area (Å²) in [6, 6.07) is 14.0. The number of carbonyl (C=O) groups excluding carboxylic acids is 4. The highest BCUT2D eigenvalue weighted by Crippen LogP contribution is 2.19. The summed E-state index contributed by atoms with van der Waals surface area (Å²) in [5.41, 5.74) is 3.04. The Morgan fingerprint density at radius 1 is 0.609 bits per heavy atom. The molecule has 2 aliphatic heterocycles. The summed E-state index contributed by atoms with van der Waals surface area (Å²) in [7, 11) is 0. The van der Waals surface area contributed by atoms with Gasteiger partial charge in [0.2, 0.25) is 0 Å². The van der Waals surface area contributed by atoms with Crippen LogP contribution in [0.15, 0.2) is 84.0 Å². The molecule has 0 aromatic heterocycles. The first-order chi connectivity index (χ1) is 22.0. The lowest BCUT2D eigenvalue weighted by atomic mass is 10.1. The number of thiocarbonyl (C=S) groups is 2. The van der Waals surface area contributed by atoms with Gasteiger partial charge < -0.3 is 0 Å². The molecule has 2 aliphatic rings. The van der Waals surface area contributed by atoms with Crippen molar-refractivity contribution in [2.24, 2.45) is 0 Å². The summed E-state index contributed by atoms with van der Waals surface area (Å²) in [6.07, 6.45) is 9.81. The van der Waals surface area contributed by atoms with Gasteiger partial charge in [0.25, 0.3) is 23.6 Å². The number of hydrogen-bond donors (Lipinski definition) is 0. The van der Waals surface area contributed by atoms with Gasteiger partial charge in [0.15, 0.2) is 10.2 Å². The average Bonchev–Trinajstić information content (AvgIpc) is 3.03. The highest BCUT2D eigenvalue weighted by molar-refractivity contribution is 7.80. The molecule has 0 spiro atoms. The highest BCUT2D eigenvalue weighted by atomic mass is 32.1. The van der Waals surface area contributed by atoms with Crippen molar-refractivity contribution in [1.29, 1.82) is 0 Å². The Morgan fingerprint density at radius 2 is 1.00 bits per heavy atom. The van der Waals surface area contributed by atoms with E-state index in [-0.39, 0.29) is 39.0 Å². The molecular formula is C35H37FN4O4S2. The Bertz CT molecular complexity index is 1590. The number of allylic oxidation sites excluding steroid dienone is 4. The van der Waals surface area contributed by atoms with Crippen molar-refractivity contribution < 1.29 is 23.6 Å². The lowest BCUT2D eigenvalue weighted by Gasteiger charge is -2.35. The van der Waals surface area contributed by atoms with E-state index in [1.54, 1.807) is 50.3 Å². The van der Waals surface area contributed by atoms with Gasteiger partial charge in [-0.3, -0.25) is 38.8 Å². The molecule has 0 atom stereocenters. The lowest BCUT2D eigenvalue weighted by Crippen LogP contribution is -2.55. The van der Waals surface area contributed by atoms with E-state index in [2.05, 4.69) is 0 Å². The minimum Gasteiger partial charge on any atom is -0.285 e. The minimum atomic E-state index is -0.406. The molecule has 46 heavy (non-hydrogen) atoms. The topological polar surface area (TPSA) is 81.2 Å². The molecule has 2 aromatic rings. The molecule has 0 N–H and O–H groups in total. The quantitative estimate of drug-likeness (QED) is 0.206. The van der Waals surface area contributed by atoms with Crippen LogP contribution in [0.2, 0.25) is 0 Å². The van der Waals surface area contributed by atoms with Crippen molar-refractivity contribution in [1.82, 2.24) is 19.6 Å². The van der Waals surface area contributed by atoms with Gasteiger partial charge in [-0.25, -0.2) is 4.39 Å². The summed E-state index contributed by atoms with van der Waals surface area (Å²) in [5.74, 6) is -1.82. The van der Waals surface area contributed by atoms with Crippen LogP contribution in [0.4, 0.5) is 4.39 Å². The molecule has 0 saturated carbocycles. The first kappa shape index (κ1) is 35.9. The molecule has 4 rings (SSSR count). The number of benzene rings is 2. The van der Waals surface area contributed by atoms with E-state index in [4.69, 9.17) is 24.4 Å². The van der Waals surface area contributed by atoms with E-state index in [1.165, 1.54) is 43.4 Å². The van der Waals surface area contributed by atoms with Gasteiger partial charge in [0, 0.05) is 26.2 Å². The molecular weight excluding hydrogens is 624 g/mol. The second-order valence-corrected chi connectivity index (χ2v) is 10.8. The molecule has 0 unspecified atom stereocenters. The predicted molar refractivity (Wildman–Crippen MR) is 187 cm³/mol. The second-order valence-electron chi connectivity index (χ2n) is 10.1. The zero-order chi connectivity index (χ0) is 34.0. The molecule has 4 amide bonds. The number of nitrogens with zero attached hydrogens (tertiary/aromatic N) is 4. The van der Waals surface area contributed by atoms with Crippen LogP contribution in [0.25, 0.3) is 12.2 Å². The van der Waals surface area contributed by atoms with Crippen molar-refractivity contribution in [3.63, 3.8) is 0 Å². The van der Waals surface area contributed by atoms with Gasteiger partial charge in [0.05, 0.1) is 0 Å². The predicted octanol–water partition coefficient (Wildman–Crippen LogP) is 5.69. The van der Waals surface area contributed by atoms with Crippen LogP contribution < -0.4 is 0 Å². The first-order valence-corrected chi connectivity index (χ1v) is 15.7. The van der Waals surface area contributed by atoms with Gasteiger partial charge in [-0.05, 0) is 94.5 Å². The van der Waals surface area contributed by atoms with Gasteiger partial charge >= 0.3 is 0 Å². The van der Waals surface area contributed by atoms with Crippen LogP contribution in [0.5, 0.6) is 0 Å². The van der Waals surface area contributed by atoms with Gasteiger partial charge in [-0.2, -0.15) is 0 Å². The number of hydrogen-bond acceptors (Lipinski definition) is 6. The van der Waals surface area contributed by atoms with Gasteiger partial charge in [-0.15, -0.1) is 0 Å². The third kappa shape index (κ3) is 8.35. The zero-order valence-electron chi connectivity index (χ0n) is 26.5. The molecule has 2 heterocycles. The highest BCUT2D eigenvalue weighted by Gasteiger charge is 2.38. The number of likely N-dealkylation sites (N-methyl/N-ethyl adjacent to an activating group) is 4. The SMILES string of the molecule is CCN1C(=O)C(=C/C=C/c2ccc(C)cc2)C(=O)N(CC)C1=S.CCN1C(=O)C(=C/C=C/c2cccc(F)c2)C(=O)N(CC)C1=S. The van der Waals surface area contributed by atoms with Crippen LogP contribution >= 0.6 is 24.4 Å². The Labute approximate surface area is 280 Å². The van der Waals surface area contributed by atoms with E-state index in [1.807, 2.05) is 51.1 Å². The van der Waals surface area contributed by atoms with E-state index in [9.17, 15) is 23.6 Å². The van der Waals surface area contributed by atoms with Crippen LogP contribution in [0, 0.1) is 12.7 Å². The van der Waals surface area contributed by atoms with E-state index in [0.717, 1.165) is 5.56 Å². The number of halogens is 1. The Hall–Kier alpha value is -4.61. The normalized spacial score (nSPS) is 15.8. The maximum Gasteiger partial charge on any atom is 0.265 e. The maximum absolute atomic E-state index is 13.1. The fourth-order valence-electron chi connectivity index (χ4n) is 4.60. The van der Waals surface area contributed by atoms with Crippen molar-refractivity contribution in [3.05, 3.63) is 106 Å². The molecule has 2 saturated heterocycles. The lowest BCUT2D eigenvalue weighted by molar-refractivity contribution is -0.135. The van der Waals surface area contributed by atoms with E-state index >= 15 is 0 Å². The summed E-state index contributed by atoms with van der Waals surface area (Å²) in [5, 5.41) is 0.515. The number of aryl methyl sites for hydroxylation is 1. The van der Waals surface area contributed by atoms with Crippen molar-refractivity contribution in [3.8, 4) is 0 Å². The van der Waals surface area contributed by atoms with Crippen LogP contribution in [0.1, 0.15) is 44.4 Å². The minimum absolute atomic E-state index is 0.0509. The largest absolute Gasteiger partial charge is 0.285 e. The van der Waals surface area contributed by atoms with E-state index < -0.39 is 11.8 Å². The summed E-state index contributed by atoms with van der Waals surface area (Å²) >= 11 is 10.4. The van der Waals surface area contributed by atoms with Crippen molar-refractivity contribution in [2.45, 2.75) is 34.6 Å². The molecule has 8 nitrogen and oxygen atoms in total. The average molecular weight is 661 g/mol. The summed E-state index contributed by atoms with van der Waals surface area (Å²) in [4.78, 5) is 55.2. The Kier molecular flexibility index (Phi) is 13.0. The molecule has 0 bridgehead atoms. The molecule has 240 valence electrons. The molecule has 2 fully saturated rings. The zero-order valence-corrected chi connectivity index (χ0v) is 28.2. The summed E-state index contributed by atoms with van der Waals surface area (Å²) in [6.45, 7) is 11.0. The molecule has 0 radical (unpaired) electrons. The Morgan fingerprint density at radius 3 is 1.37 bits per heavy atom. The third-order valence-electron chi connectivity index (χ3n) is 7.12. The molecule has 11 heteroatoms. The fraction of sp³-hybridized carbons (Fsp3) is 0.257. The summed E-state index contributed by atoms with van der Waals surface area (Å²) < 4.78 is 13.1. The second kappa shape index (κ2) is 16.6. The maximum atomic E-state index is 13.1. The van der Waals surface area contributed by atoms with E-state index in [0.29, 0.717) is 31.7 Å². The van der Waals surface area contributed by atoms with Gasteiger partial charge in [-0.1, -0.05) is 66.3 Å².